The van der Waals surface area contributed by atoms with Crippen LogP contribution in [0.3, 0.4) is 0 Å². The van der Waals surface area contributed by atoms with E-state index in [4.69, 9.17) is 0 Å². The van der Waals surface area contributed by atoms with Crippen LogP contribution in [0.15, 0.2) is 30.5 Å². The molecule has 2 aromatic rings. The number of hydrogen-bond acceptors (Lipinski definition) is 3. The summed E-state index contributed by atoms with van der Waals surface area (Å²) in [6, 6.07) is 8.35. The molecule has 0 aromatic carbocycles. The third-order valence-electron chi connectivity index (χ3n) is 4.97. The van der Waals surface area contributed by atoms with Gasteiger partial charge in [0, 0.05) is 36.7 Å². The first-order valence-corrected chi connectivity index (χ1v) is 8.63. The maximum absolute atomic E-state index is 13.0. The van der Waals surface area contributed by atoms with Gasteiger partial charge in [0.15, 0.2) is 0 Å². The van der Waals surface area contributed by atoms with Crippen molar-refractivity contribution in [1.29, 1.82) is 0 Å². The Morgan fingerprint density at radius 2 is 2.21 bits per heavy atom. The van der Waals surface area contributed by atoms with Gasteiger partial charge in [0.1, 0.15) is 0 Å². The normalized spacial score (nSPS) is 18.0. The number of likely N-dealkylation sites (tertiary alicyclic amines) is 1. The Morgan fingerprint density at radius 3 is 2.92 bits per heavy atom. The third-order valence-corrected chi connectivity index (χ3v) is 4.97. The molecule has 1 amide bonds. The van der Waals surface area contributed by atoms with Crippen LogP contribution in [0.4, 0.5) is 0 Å². The van der Waals surface area contributed by atoms with Gasteiger partial charge in [0.25, 0.3) is 5.91 Å². The number of aryl methyl sites for hydroxylation is 1. The van der Waals surface area contributed by atoms with E-state index in [1.165, 1.54) is 0 Å². The molecule has 5 nitrogen and oxygen atoms in total. The highest BCUT2D eigenvalue weighted by atomic mass is 16.2. The van der Waals surface area contributed by atoms with E-state index in [2.05, 4.69) is 21.8 Å². The fourth-order valence-electron chi connectivity index (χ4n) is 3.48. The SMILES string of the molecule is CNC1CCCN(C(=O)c2cc(C)n(Cc3ccccn3)c2C)C1. The minimum atomic E-state index is 0.148. The minimum absolute atomic E-state index is 0.148. The number of pyridine rings is 1. The minimum Gasteiger partial charge on any atom is -0.342 e. The summed E-state index contributed by atoms with van der Waals surface area (Å²) in [6.07, 6.45) is 4.00. The molecular weight excluding hydrogens is 300 g/mol. The van der Waals surface area contributed by atoms with Crippen LogP contribution in [0.25, 0.3) is 0 Å². The molecule has 0 bridgehead atoms. The standard InChI is InChI=1S/C19H26N4O/c1-14-11-18(19(24)22-10-6-8-16(12-22)20-3)15(2)23(14)13-17-7-4-5-9-21-17/h4-5,7,9,11,16,20H,6,8,10,12-13H2,1-3H3. The number of hydrogen-bond donors (Lipinski definition) is 1. The maximum atomic E-state index is 13.0. The summed E-state index contributed by atoms with van der Waals surface area (Å²) >= 11 is 0. The first kappa shape index (κ1) is 16.7. The zero-order valence-electron chi connectivity index (χ0n) is 14.7. The summed E-state index contributed by atoms with van der Waals surface area (Å²) in [6.45, 7) is 6.42. The molecule has 3 rings (SSSR count). The Balaban J connectivity index is 1.81. The first-order chi connectivity index (χ1) is 11.6. The largest absolute Gasteiger partial charge is 0.342 e. The van der Waals surface area contributed by atoms with Crippen molar-refractivity contribution in [1.82, 2.24) is 19.8 Å². The molecule has 5 heteroatoms. The van der Waals surface area contributed by atoms with Crippen molar-refractivity contribution < 1.29 is 4.79 Å². The molecule has 2 aromatic heterocycles. The van der Waals surface area contributed by atoms with Gasteiger partial charge in [-0.3, -0.25) is 9.78 Å². The number of carbonyl (C=O) groups excluding carboxylic acids is 1. The van der Waals surface area contributed by atoms with Gasteiger partial charge in [-0.15, -0.1) is 0 Å². The van der Waals surface area contributed by atoms with Gasteiger partial charge in [-0.1, -0.05) is 6.07 Å². The van der Waals surface area contributed by atoms with Crippen molar-refractivity contribution in [3.8, 4) is 0 Å². The number of nitrogens with one attached hydrogen (secondary N) is 1. The number of aromatic nitrogens is 2. The second-order valence-corrected chi connectivity index (χ2v) is 6.57. The van der Waals surface area contributed by atoms with E-state index in [0.29, 0.717) is 12.6 Å². The van der Waals surface area contributed by atoms with Crippen LogP contribution in [-0.4, -0.2) is 46.5 Å². The Bertz CT molecular complexity index is 708. The van der Waals surface area contributed by atoms with Crippen molar-refractivity contribution in [3.05, 3.63) is 53.1 Å². The van der Waals surface area contributed by atoms with E-state index < -0.39 is 0 Å². The van der Waals surface area contributed by atoms with Gasteiger partial charge in [0.2, 0.25) is 0 Å². The molecule has 1 aliphatic rings. The molecule has 1 saturated heterocycles. The number of piperidine rings is 1. The summed E-state index contributed by atoms with van der Waals surface area (Å²) in [7, 11) is 1.97. The molecule has 24 heavy (non-hydrogen) atoms. The summed E-state index contributed by atoms with van der Waals surface area (Å²) in [5.41, 5.74) is 3.95. The highest BCUT2D eigenvalue weighted by molar-refractivity contribution is 5.95. The second kappa shape index (κ2) is 7.18. The second-order valence-electron chi connectivity index (χ2n) is 6.57. The number of amides is 1. The van der Waals surface area contributed by atoms with Gasteiger partial charge < -0.3 is 14.8 Å². The fourth-order valence-corrected chi connectivity index (χ4v) is 3.48. The Morgan fingerprint density at radius 1 is 1.38 bits per heavy atom. The smallest absolute Gasteiger partial charge is 0.255 e. The molecule has 1 unspecified atom stereocenters. The number of nitrogens with zero attached hydrogens (tertiary/aromatic N) is 3. The van der Waals surface area contributed by atoms with Crippen LogP contribution in [0.1, 0.15) is 40.3 Å². The lowest BCUT2D eigenvalue weighted by Crippen LogP contribution is -2.47. The zero-order chi connectivity index (χ0) is 17.1. The van der Waals surface area contributed by atoms with Crippen molar-refractivity contribution in [2.45, 2.75) is 39.3 Å². The van der Waals surface area contributed by atoms with Crippen LogP contribution >= 0.6 is 0 Å². The lowest BCUT2D eigenvalue weighted by atomic mass is 10.0. The van der Waals surface area contributed by atoms with E-state index in [1.807, 2.05) is 43.1 Å². The summed E-state index contributed by atoms with van der Waals surface area (Å²) in [4.78, 5) is 19.3. The predicted octanol–water partition coefficient (Wildman–Crippen LogP) is 2.37. The number of rotatable bonds is 4. The van der Waals surface area contributed by atoms with E-state index in [1.54, 1.807) is 6.20 Å². The molecule has 0 spiro atoms. The number of carbonyl (C=O) groups is 1. The molecule has 1 atom stereocenters. The summed E-state index contributed by atoms with van der Waals surface area (Å²) in [5.74, 6) is 0.148. The maximum Gasteiger partial charge on any atom is 0.255 e. The van der Waals surface area contributed by atoms with Crippen molar-refractivity contribution >= 4 is 5.91 Å². The van der Waals surface area contributed by atoms with Gasteiger partial charge in [-0.25, -0.2) is 0 Å². The lowest BCUT2D eigenvalue weighted by Gasteiger charge is -2.32. The highest BCUT2D eigenvalue weighted by Crippen LogP contribution is 2.20. The third kappa shape index (κ3) is 3.36. The molecule has 1 N–H and O–H groups in total. The quantitative estimate of drug-likeness (QED) is 0.938. The Kier molecular flexibility index (Phi) is 5.00. The van der Waals surface area contributed by atoms with Crippen molar-refractivity contribution in [2.24, 2.45) is 0 Å². The molecule has 3 heterocycles. The van der Waals surface area contributed by atoms with E-state index >= 15 is 0 Å². The van der Waals surface area contributed by atoms with Crippen molar-refractivity contribution in [2.75, 3.05) is 20.1 Å². The Hall–Kier alpha value is -2.14. The highest BCUT2D eigenvalue weighted by Gasteiger charge is 2.26. The molecule has 0 aliphatic carbocycles. The fraction of sp³-hybridized carbons (Fsp3) is 0.474. The lowest BCUT2D eigenvalue weighted by molar-refractivity contribution is 0.0697. The first-order valence-electron chi connectivity index (χ1n) is 8.63. The molecular formula is C19H26N4O. The monoisotopic (exact) mass is 326 g/mol. The predicted molar refractivity (Wildman–Crippen MR) is 95.2 cm³/mol. The van der Waals surface area contributed by atoms with Gasteiger partial charge in [-0.05, 0) is 51.9 Å². The number of likely N-dealkylation sites (N-methyl/N-ethyl adjacent to an activating group) is 1. The van der Waals surface area contributed by atoms with E-state index in [9.17, 15) is 4.79 Å². The average molecular weight is 326 g/mol. The topological polar surface area (TPSA) is 50.2 Å². The zero-order valence-corrected chi connectivity index (χ0v) is 14.7. The van der Waals surface area contributed by atoms with Gasteiger partial charge in [-0.2, -0.15) is 0 Å². The summed E-state index contributed by atoms with van der Waals surface area (Å²) in [5, 5.41) is 3.30. The van der Waals surface area contributed by atoms with E-state index in [-0.39, 0.29) is 5.91 Å². The van der Waals surface area contributed by atoms with Gasteiger partial charge >= 0.3 is 0 Å². The average Bonchev–Trinajstić information content (AvgIpc) is 2.90. The molecule has 0 radical (unpaired) electrons. The van der Waals surface area contributed by atoms with Crippen LogP contribution in [0, 0.1) is 13.8 Å². The van der Waals surface area contributed by atoms with E-state index in [0.717, 1.165) is 48.6 Å². The summed E-state index contributed by atoms with van der Waals surface area (Å²) < 4.78 is 2.18. The van der Waals surface area contributed by atoms with Crippen LogP contribution in [-0.2, 0) is 6.54 Å². The van der Waals surface area contributed by atoms with Crippen LogP contribution in [0.2, 0.25) is 0 Å². The molecule has 1 fully saturated rings. The van der Waals surface area contributed by atoms with Gasteiger partial charge in [0.05, 0.1) is 17.8 Å². The Labute approximate surface area is 143 Å². The van der Waals surface area contributed by atoms with Crippen molar-refractivity contribution in [3.63, 3.8) is 0 Å². The molecule has 128 valence electrons. The van der Waals surface area contributed by atoms with Crippen LogP contribution < -0.4 is 5.32 Å². The van der Waals surface area contributed by atoms with Crippen LogP contribution in [0.5, 0.6) is 0 Å². The molecule has 1 aliphatic heterocycles. The molecule has 0 saturated carbocycles.